The molecular formula is C44H78F3NO8S2. The number of carbonyl (C=O) groups excluding carboxylic acids is 1. The van der Waals surface area contributed by atoms with Crippen LogP contribution in [-0.2, 0) is 19.9 Å². The Morgan fingerprint density at radius 3 is 1.14 bits per heavy atom. The highest BCUT2D eigenvalue weighted by atomic mass is 32.2. The van der Waals surface area contributed by atoms with E-state index in [1.165, 1.54) is 109 Å². The third-order valence-corrected chi connectivity index (χ3v) is 13.0. The Kier molecular flexibility index (Phi) is 30.2. The second-order valence-corrected chi connectivity index (χ2v) is 19.1. The molecule has 0 atom stereocenters. The van der Waals surface area contributed by atoms with Crippen molar-refractivity contribution in [1.29, 1.82) is 0 Å². The van der Waals surface area contributed by atoms with Gasteiger partial charge in [-0.1, -0.05) is 194 Å². The van der Waals surface area contributed by atoms with E-state index in [-0.39, 0.29) is 30.5 Å². The third-order valence-electron chi connectivity index (χ3n) is 10.3. The fourth-order valence-corrected chi connectivity index (χ4v) is 8.70. The van der Waals surface area contributed by atoms with Crippen LogP contribution in [0.15, 0.2) is 17.0 Å². The van der Waals surface area contributed by atoms with Crippen LogP contribution in [0.4, 0.5) is 18.0 Å². The van der Waals surface area contributed by atoms with Crippen molar-refractivity contribution in [2.24, 2.45) is 0 Å². The van der Waals surface area contributed by atoms with Gasteiger partial charge in [0.1, 0.15) is 4.90 Å². The van der Waals surface area contributed by atoms with Crippen molar-refractivity contribution in [2.75, 3.05) is 19.8 Å². The van der Waals surface area contributed by atoms with E-state index in [0.29, 0.717) is 19.4 Å². The fourth-order valence-electron chi connectivity index (χ4n) is 6.75. The quantitative estimate of drug-likeness (QED) is 0.0651. The highest BCUT2D eigenvalue weighted by molar-refractivity contribution is 8.08. The molecule has 0 radical (unpaired) electrons. The van der Waals surface area contributed by atoms with Crippen molar-refractivity contribution in [2.45, 2.75) is 224 Å². The van der Waals surface area contributed by atoms with Gasteiger partial charge in [0.05, 0.1) is 19.8 Å². The predicted octanol–water partition coefficient (Wildman–Crippen LogP) is 13.9. The SMILES string of the molecule is CCCCCCCCCCCCOc1ccc(S(=O)(=O)NC(=O)S(=O)(=O)C(F)(F)F)c(OCCCCCCCCCCCC)c1OCCCCCCCCCCCC. The predicted molar refractivity (Wildman–Crippen MR) is 229 cm³/mol. The largest absolute Gasteiger partial charge is 0.506 e. The monoisotopic (exact) mass is 870 g/mol. The maximum Gasteiger partial charge on any atom is 0.506 e. The standard InChI is InChI=1S/C44H78F3NO8S2/c1-4-7-10-13-16-19-22-25-28-31-36-54-39-34-35-40(58(52,53)48-43(49)57(50,51)44(45,46)47)42(56-38-33-30-27-24-21-18-15-12-9-6-3)41(39)55-37-32-29-26-23-20-17-14-11-8-5-2/h34-35H,4-33,36-38H2,1-3H3,(H,48,49). The lowest BCUT2D eigenvalue weighted by Crippen LogP contribution is -2.41. The van der Waals surface area contributed by atoms with Crippen LogP contribution in [0.2, 0.25) is 0 Å². The number of halogens is 3. The van der Waals surface area contributed by atoms with Gasteiger partial charge in [-0.2, -0.15) is 13.2 Å². The van der Waals surface area contributed by atoms with Gasteiger partial charge in [0.25, 0.3) is 10.0 Å². The molecule has 1 aromatic carbocycles. The van der Waals surface area contributed by atoms with Crippen LogP contribution in [-0.4, -0.2) is 47.4 Å². The minimum Gasteiger partial charge on any atom is -0.490 e. The van der Waals surface area contributed by atoms with Crippen LogP contribution in [0.3, 0.4) is 0 Å². The second kappa shape index (κ2) is 32.5. The average molecular weight is 870 g/mol. The van der Waals surface area contributed by atoms with E-state index in [9.17, 15) is 34.8 Å². The molecule has 14 heteroatoms. The number of hydrogen-bond acceptors (Lipinski definition) is 8. The van der Waals surface area contributed by atoms with Crippen LogP contribution in [0.5, 0.6) is 17.2 Å². The number of sulfone groups is 1. The molecule has 1 rings (SSSR count). The molecule has 58 heavy (non-hydrogen) atoms. The van der Waals surface area contributed by atoms with E-state index in [1.54, 1.807) is 0 Å². The van der Waals surface area contributed by atoms with Crippen LogP contribution < -0.4 is 18.9 Å². The van der Waals surface area contributed by atoms with Gasteiger partial charge in [-0.25, -0.2) is 21.6 Å². The lowest BCUT2D eigenvalue weighted by Gasteiger charge is -2.20. The van der Waals surface area contributed by atoms with Gasteiger partial charge in [-0.3, -0.25) is 4.79 Å². The number of nitrogens with one attached hydrogen (secondary N) is 1. The zero-order chi connectivity index (χ0) is 43.0. The van der Waals surface area contributed by atoms with Crippen molar-refractivity contribution in [1.82, 2.24) is 4.72 Å². The molecular weight excluding hydrogens is 792 g/mol. The maximum absolute atomic E-state index is 13.5. The van der Waals surface area contributed by atoms with Crippen LogP contribution in [0.1, 0.15) is 213 Å². The van der Waals surface area contributed by atoms with E-state index in [2.05, 4.69) is 20.8 Å². The number of unbranched alkanes of at least 4 members (excludes halogenated alkanes) is 27. The van der Waals surface area contributed by atoms with E-state index >= 15 is 0 Å². The number of sulfonamides is 1. The summed E-state index contributed by atoms with van der Waals surface area (Å²) in [4.78, 5) is 11.5. The van der Waals surface area contributed by atoms with E-state index in [4.69, 9.17) is 14.2 Å². The highest BCUT2D eigenvalue weighted by Gasteiger charge is 2.52. The van der Waals surface area contributed by atoms with E-state index in [1.807, 2.05) is 0 Å². The van der Waals surface area contributed by atoms with Gasteiger partial charge < -0.3 is 14.2 Å². The molecule has 0 spiro atoms. The van der Waals surface area contributed by atoms with Gasteiger partial charge >= 0.3 is 20.6 Å². The van der Waals surface area contributed by atoms with Crippen LogP contribution in [0.25, 0.3) is 0 Å². The second-order valence-electron chi connectivity index (χ2n) is 15.7. The van der Waals surface area contributed by atoms with Crippen molar-refractivity contribution in [3.8, 4) is 17.2 Å². The molecule has 9 nitrogen and oxygen atoms in total. The summed E-state index contributed by atoms with van der Waals surface area (Å²) < 4.78 is 109. The van der Waals surface area contributed by atoms with Crippen molar-refractivity contribution in [3.05, 3.63) is 12.1 Å². The number of carbonyl (C=O) groups is 1. The first kappa shape index (κ1) is 53.8. The molecule has 0 unspecified atom stereocenters. The maximum atomic E-state index is 13.5. The van der Waals surface area contributed by atoms with Gasteiger partial charge in [-0.15, -0.1) is 0 Å². The zero-order valence-electron chi connectivity index (χ0n) is 36.2. The first-order valence-corrected chi connectivity index (χ1v) is 25.7. The number of ether oxygens (including phenoxy) is 3. The molecule has 0 bridgehead atoms. The summed E-state index contributed by atoms with van der Waals surface area (Å²) in [6, 6.07) is 2.36. The minimum atomic E-state index is -6.48. The molecule has 0 saturated carbocycles. The molecule has 1 N–H and O–H groups in total. The summed E-state index contributed by atoms with van der Waals surface area (Å²) >= 11 is 0. The lowest BCUT2D eigenvalue weighted by molar-refractivity contribution is -0.0422. The van der Waals surface area contributed by atoms with E-state index < -0.39 is 35.5 Å². The van der Waals surface area contributed by atoms with Crippen molar-refractivity contribution < 1.29 is 49.0 Å². The Balaban J connectivity index is 3.16. The minimum absolute atomic E-state index is 0.0379. The number of alkyl halides is 3. The molecule has 0 aliphatic rings. The van der Waals surface area contributed by atoms with Gasteiger partial charge in [-0.05, 0) is 31.4 Å². The Bertz CT molecular complexity index is 1420. The number of benzene rings is 1. The topological polar surface area (TPSA) is 125 Å². The zero-order valence-corrected chi connectivity index (χ0v) is 37.8. The molecule has 0 aliphatic carbocycles. The Labute approximate surface area is 350 Å². The first-order valence-electron chi connectivity index (χ1n) is 22.8. The summed E-state index contributed by atoms with van der Waals surface area (Å²) in [6.45, 7) is 7.15. The van der Waals surface area contributed by atoms with Crippen molar-refractivity contribution in [3.63, 3.8) is 0 Å². The molecule has 0 heterocycles. The van der Waals surface area contributed by atoms with Crippen LogP contribution in [0, 0.1) is 0 Å². The van der Waals surface area contributed by atoms with Gasteiger partial charge in [0, 0.05) is 0 Å². The summed E-state index contributed by atoms with van der Waals surface area (Å²) in [5.74, 6) is -0.161. The average Bonchev–Trinajstić information content (AvgIpc) is 3.17. The summed E-state index contributed by atoms with van der Waals surface area (Å²) in [7, 11) is -11.7. The number of rotatable bonds is 38. The fraction of sp³-hybridized carbons (Fsp3) is 0.841. The molecule has 0 aromatic heterocycles. The lowest BCUT2D eigenvalue weighted by atomic mass is 10.1. The Morgan fingerprint density at radius 1 is 0.483 bits per heavy atom. The third kappa shape index (κ3) is 23.5. The summed E-state index contributed by atoms with van der Waals surface area (Å²) in [5.41, 5.74) is -5.99. The first-order chi connectivity index (χ1) is 27.8. The Hall–Kier alpha value is -2.22. The number of amides is 1. The molecule has 1 amide bonds. The van der Waals surface area contributed by atoms with Gasteiger partial charge in [0.2, 0.25) is 5.75 Å². The molecule has 0 fully saturated rings. The summed E-state index contributed by atoms with van der Waals surface area (Å²) in [6.07, 6.45) is 32.9. The van der Waals surface area contributed by atoms with Crippen LogP contribution >= 0.6 is 0 Å². The number of hydrogen-bond donors (Lipinski definition) is 1. The summed E-state index contributed by atoms with van der Waals surface area (Å²) in [5, 5.41) is -2.70. The molecule has 0 aliphatic heterocycles. The molecule has 340 valence electrons. The molecule has 1 aromatic rings. The highest BCUT2D eigenvalue weighted by Crippen LogP contribution is 2.43. The van der Waals surface area contributed by atoms with Crippen molar-refractivity contribution >= 4 is 25.1 Å². The van der Waals surface area contributed by atoms with Gasteiger partial charge in [0.15, 0.2) is 11.5 Å². The van der Waals surface area contributed by atoms with E-state index in [0.717, 1.165) is 87.8 Å². The Morgan fingerprint density at radius 2 is 0.793 bits per heavy atom. The molecule has 0 saturated heterocycles. The smallest absolute Gasteiger partial charge is 0.490 e. The normalized spacial score (nSPS) is 12.2.